The second-order valence-electron chi connectivity index (χ2n) is 4.90. The summed E-state index contributed by atoms with van der Waals surface area (Å²) in [4.78, 5) is 23.2. The van der Waals surface area contributed by atoms with Crippen LogP contribution in [-0.2, 0) is 4.79 Å². The van der Waals surface area contributed by atoms with E-state index in [1.165, 1.54) is 25.1 Å². The summed E-state index contributed by atoms with van der Waals surface area (Å²) in [7, 11) is 0. The van der Waals surface area contributed by atoms with Gasteiger partial charge in [0.25, 0.3) is 0 Å². The highest BCUT2D eigenvalue weighted by Gasteiger charge is 2.17. The Hall–Kier alpha value is -2.96. The molecule has 0 saturated heterocycles. The summed E-state index contributed by atoms with van der Waals surface area (Å²) in [5, 5.41) is 5.02. The normalized spacial score (nSPS) is 11.6. The van der Waals surface area contributed by atoms with Crippen LogP contribution in [0.2, 0.25) is 0 Å². The van der Waals surface area contributed by atoms with Crippen LogP contribution < -0.4 is 16.4 Å². The van der Waals surface area contributed by atoms with Gasteiger partial charge in [-0.05, 0) is 37.3 Å². The van der Waals surface area contributed by atoms with Crippen molar-refractivity contribution < 1.29 is 18.4 Å². The zero-order valence-electron chi connectivity index (χ0n) is 12.3. The van der Waals surface area contributed by atoms with Crippen LogP contribution in [0, 0.1) is 11.6 Å². The summed E-state index contributed by atoms with van der Waals surface area (Å²) in [6.45, 7) is 1.52. The standard InChI is InChI=1S/C16H15F2N3O2/c1-9(20-11-5-2-4-10(8-11)15(19)22)16(23)21-14-12(17)6-3-7-13(14)18/h2-9,20H,1H3,(H2,19,22)(H,21,23). The Kier molecular flexibility index (Phi) is 4.90. The molecule has 1 unspecified atom stereocenters. The summed E-state index contributed by atoms with van der Waals surface area (Å²) >= 11 is 0. The van der Waals surface area contributed by atoms with Crippen molar-refractivity contribution in [1.29, 1.82) is 0 Å². The SMILES string of the molecule is CC(Nc1cccc(C(N)=O)c1)C(=O)Nc1c(F)cccc1F. The largest absolute Gasteiger partial charge is 0.374 e. The number of carbonyl (C=O) groups excluding carboxylic acids is 2. The number of carbonyl (C=O) groups is 2. The van der Waals surface area contributed by atoms with Gasteiger partial charge in [-0.3, -0.25) is 9.59 Å². The highest BCUT2D eigenvalue weighted by atomic mass is 19.1. The van der Waals surface area contributed by atoms with Crippen molar-refractivity contribution in [3.05, 3.63) is 59.7 Å². The van der Waals surface area contributed by atoms with Crippen LogP contribution in [0.5, 0.6) is 0 Å². The number of para-hydroxylation sites is 1. The van der Waals surface area contributed by atoms with Crippen LogP contribution in [0.4, 0.5) is 20.2 Å². The molecule has 0 aromatic heterocycles. The van der Waals surface area contributed by atoms with Crippen molar-refractivity contribution in [1.82, 2.24) is 0 Å². The molecule has 0 saturated carbocycles. The van der Waals surface area contributed by atoms with Gasteiger partial charge in [-0.25, -0.2) is 8.78 Å². The number of hydrogen-bond acceptors (Lipinski definition) is 3. The van der Waals surface area contributed by atoms with Crippen molar-refractivity contribution >= 4 is 23.2 Å². The first kappa shape index (κ1) is 16.4. The van der Waals surface area contributed by atoms with Gasteiger partial charge in [-0.15, -0.1) is 0 Å². The maximum atomic E-state index is 13.5. The molecule has 0 aliphatic carbocycles. The lowest BCUT2D eigenvalue weighted by Crippen LogP contribution is -2.32. The number of nitrogens with two attached hydrogens (primary N) is 1. The molecule has 0 aliphatic heterocycles. The molecular weight excluding hydrogens is 304 g/mol. The molecule has 23 heavy (non-hydrogen) atoms. The van der Waals surface area contributed by atoms with Crippen LogP contribution in [0.3, 0.4) is 0 Å². The first-order valence-corrected chi connectivity index (χ1v) is 6.79. The van der Waals surface area contributed by atoms with E-state index in [4.69, 9.17) is 5.73 Å². The second kappa shape index (κ2) is 6.87. The van der Waals surface area contributed by atoms with Gasteiger partial charge in [0.15, 0.2) is 0 Å². The zero-order valence-corrected chi connectivity index (χ0v) is 12.3. The maximum Gasteiger partial charge on any atom is 0.248 e. The first-order valence-electron chi connectivity index (χ1n) is 6.79. The number of benzene rings is 2. The maximum absolute atomic E-state index is 13.5. The number of amides is 2. The fourth-order valence-corrected chi connectivity index (χ4v) is 1.93. The van der Waals surface area contributed by atoms with Crippen molar-refractivity contribution in [2.24, 2.45) is 5.73 Å². The molecule has 0 fully saturated rings. The molecule has 2 amide bonds. The van der Waals surface area contributed by atoms with Gasteiger partial charge < -0.3 is 16.4 Å². The molecule has 0 heterocycles. The van der Waals surface area contributed by atoms with Gasteiger partial charge in [0.05, 0.1) is 0 Å². The van der Waals surface area contributed by atoms with Crippen molar-refractivity contribution in [2.75, 3.05) is 10.6 Å². The summed E-state index contributed by atoms with van der Waals surface area (Å²) in [5.41, 5.74) is 5.44. The van der Waals surface area contributed by atoms with E-state index in [2.05, 4.69) is 10.6 Å². The first-order chi connectivity index (χ1) is 10.9. The monoisotopic (exact) mass is 319 g/mol. The predicted molar refractivity (Wildman–Crippen MR) is 83.0 cm³/mol. The van der Waals surface area contributed by atoms with Gasteiger partial charge >= 0.3 is 0 Å². The highest BCUT2D eigenvalue weighted by Crippen LogP contribution is 2.19. The van der Waals surface area contributed by atoms with E-state index >= 15 is 0 Å². The van der Waals surface area contributed by atoms with Crippen LogP contribution in [0.25, 0.3) is 0 Å². The minimum atomic E-state index is -0.860. The molecule has 4 N–H and O–H groups in total. The number of halogens is 2. The van der Waals surface area contributed by atoms with Gasteiger partial charge in [0.1, 0.15) is 23.4 Å². The van der Waals surface area contributed by atoms with Gasteiger partial charge in [0.2, 0.25) is 11.8 Å². The topological polar surface area (TPSA) is 84.2 Å². The number of nitrogens with one attached hydrogen (secondary N) is 2. The van der Waals surface area contributed by atoms with E-state index in [0.29, 0.717) is 5.69 Å². The lowest BCUT2D eigenvalue weighted by atomic mass is 10.1. The third-order valence-corrected chi connectivity index (χ3v) is 3.13. The zero-order chi connectivity index (χ0) is 17.0. The van der Waals surface area contributed by atoms with E-state index in [-0.39, 0.29) is 5.56 Å². The molecule has 2 aromatic carbocycles. The Morgan fingerprint density at radius 3 is 2.30 bits per heavy atom. The van der Waals surface area contributed by atoms with Gasteiger partial charge in [-0.2, -0.15) is 0 Å². The van der Waals surface area contributed by atoms with E-state index in [9.17, 15) is 18.4 Å². The van der Waals surface area contributed by atoms with E-state index in [0.717, 1.165) is 12.1 Å². The molecule has 0 aliphatic rings. The summed E-state index contributed by atoms with van der Waals surface area (Å²) in [6.07, 6.45) is 0. The summed E-state index contributed by atoms with van der Waals surface area (Å²) in [5.74, 6) is -2.94. The number of anilines is 2. The molecule has 0 spiro atoms. The Morgan fingerprint density at radius 1 is 1.09 bits per heavy atom. The number of hydrogen-bond donors (Lipinski definition) is 3. The highest BCUT2D eigenvalue weighted by molar-refractivity contribution is 5.97. The average molecular weight is 319 g/mol. The van der Waals surface area contributed by atoms with Crippen LogP contribution in [0.15, 0.2) is 42.5 Å². The Morgan fingerprint density at radius 2 is 1.70 bits per heavy atom. The molecule has 0 radical (unpaired) electrons. The van der Waals surface area contributed by atoms with E-state index in [1.807, 2.05) is 0 Å². The number of rotatable bonds is 5. The van der Waals surface area contributed by atoms with Crippen molar-refractivity contribution in [2.45, 2.75) is 13.0 Å². The minimum absolute atomic E-state index is 0.280. The van der Waals surface area contributed by atoms with Gasteiger partial charge in [-0.1, -0.05) is 12.1 Å². The molecule has 120 valence electrons. The molecule has 2 rings (SSSR count). The molecule has 1 atom stereocenters. The average Bonchev–Trinajstić information content (AvgIpc) is 2.51. The summed E-state index contributed by atoms with van der Waals surface area (Å²) in [6, 6.07) is 8.77. The third kappa shape index (κ3) is 4.03. The Bertz CT molecular complexity index is 730. The Labute approximate surface area is 131 Å². The third-order valence-electron chi connectivity index (χ3n) is 3.13. The minimum Gasteiger partial charge on any atom is -0.374 e. The molecule has 5 nitrogen and oxygen atoms in total. The van der Waals surface area contributed by atoms with Crippen LogP contribution in [-0.4, -0.2) is 17.9 Å². The Balaban J connectivity index is 2.08. The van der Waals surface area contributed by atoms with Crippen molar-refractivity contribution in [3.63, 3.8) is 0 Å². The fraction of sp³-hybridized carbons (Fsp3) is 0.125. The summed E-state index contributed by atoms with van der Waals surface area (Å²) < 4.78 is 27.0. The predicted octanol–water partition coefficient (Wildman–Crippen LogP) is 2.50. The molecule has 2 aromatic rings. The van der Waals surface area contributed by atoms with Crippen LogP contribution >= 0.6 is 0 Å². The molecular formula is C16H15F2N3O2. The van der Waals surface area contributed by atoms with Gasteiger partial charge in [0, 0.05) is 11.3 Å². The number of primary amides is 1. The van der Waals surface area contributed by atoms with E-state index < -0.39 is 35.2 Å². The quantitative estimate of drug-likeness (QED) is 0.791. The van der Waals surface area contributed by atoms with E-state index in [1.54, 1.807) is 12.1 Å². The lowest BCUT2D eigenvalue weighted by molar-refractivity contribution is -0.116. The second-order valence-corrected chi connectivity index (χ2v) is 4.90. The van der Waals surface area contributed by atoms with Crippen LogP contribution in [0.1, 0.15) is 17.3 Å². The lowest BCUT2D eigenvalue weighted by Gasteiger charge is -2.16. The smallest absolute Gasteiger partial charge is 0.248 e. The van der Waals surface area contributed by atoms with Crippen molar-refractivity contribution in [3.8, 4) is 0 Å². The molecule has 7 heteroatoms. The molecule has 0 bridgehead atoms. The fourth-order valence-electron chi connectivity index (χ4n) is 1.93.